The first kappa shape index (κ1) is 96.0. The van der Waals surface area contributed by atoms with Gasteiger partial charge >= 0.3 is 0 Å². The highest BCUT2D eigenvalue weighted by atomic mass is 35.5. The predicted molar refractivity (Wildman–Crippen MR) is 428 cm³/mol. The number of aliphatic hydroxyl groups is 1. The lowest BCUT2D eigenvalue weighted by Crippen LogP contribution is -2.63. The molecule has 12 atom stereocenters. The van der Waals surface area contributed by atoms with Crippen LogP contribution in [0.3, 0.4) is 0 Å². The maximum Gasteiger partial charge on any atom is 0.246 e. The van der Waals surface area contributed by atoms with Gasteiger partial charge in [-0.1, -0.05) is 157 Å². The molecule has 2 aromatic carbocycles. The number of aliphatic hydroxyl groups excluding tert-OH is 1. The van der Waals surface area contributed by atoms with E-state index in [4.69, 9.17) is 11.6 Å². The van der Waals surface area contributed by atoms with Crippen molar-refractivity contribution < 1.29 is 57.8 Å². The number of fused-ring (bicyclic) bond motifs is 2. The molecule has 2 aromatic rings. The fraction of sp³-hybridized carbons (Fsp3) is 0.662. The molecular weight excluding hydrogens is 1420 g/mol. The van der Waals surface area contributed by atoms with Crippen molar-refractivity contribution in [2.75, 3.05) is 76.5 Å². The summed E-state index contributed by atoms with van der Waals surface area (Å²) in [4.78, 5) is 173. The molecule has 11 amide bonds. The Labute approximate surface area is 654 Å². The summed E-state index contributed by atoms with van der Waals surface area (Å²) in [6.45, 7) is 30.4. The lowest BCUT2D eigenvalue weighted by Gasteiger charge is -2.41. The minimum Gasteiger partial charge on any atom is -0.390 e. The molecule has 24 nitrogen and oxygen atoms in total. The molecule has 0 radical (unpaired) electrons. The average molecular weight is 1550 g/mol. The van der Waals surface area contributed by atoms with Crippen molar-refractivity contribution in [1.82, 2.24) is 60.5 Å². The first-order chi connectivity index (χ1) is 49.4. The highest BCUT2D eigenvalue weighted by Crippen LogP contribution is 2.46. The number of benzene rings is 2. The summed E-state index contributed by atoms with van der Waals surface area (Å²) in [6, 6.07) is 2.45. The molecule has 0 aromatic heterocycles. The average Bonchev–Trinajstić information content (AvgIpc) is 0.784. The minimum atomic E-state index is -1.61. The van der Waals surface area contributed by atoms with Crippen molar-refractivity contribution in [2.24, 2.45) is 41.4 Å². The Bertz CT molecular complexity index is 3400. The fourth-order valence-electron chi connectivity index (χ4n) is 13.2. The van der Waals surface area contributed by atoms with Crippen LogP contribution in [0.15, 0.2) is 70.5 Å². The van der Waals surface area contributed by atoms with Gasteiger partial charge in [0, 0.05) is 70.7 Å². The normalized spacial score (nSPS) is 24.3. The van der Waals surface area contributed by atoms with Crippen LogP contribution in [0.25, 0.3) is 5.57 Å². The minimum absolute atomic E-state index is 0. The van der Waals surface area contributed by atoms with Crippen LogP contribution in [0, 0.1) is 41.4 Å². The van der Waals surface area contributed by atoms with E-state index in [0.29, 0.717) is 6.42 Å². The van der Waals surface area contributed by atoms with Gasteiger partial charge < -0.3 is 65.6 Å². The van der Waals surface area contributed by atoms with Gasteiger partial charge in [-0.3, -0.25) is 52.7 Å². The predicted octanol–water partition coefficient (Wildman–Crippen LogP) is 8.88. The second-order valence-electron chi connectivity index (χ2n) is 31.5. The molecule has 0 aliphatic carbocycles. The van der Waals surface area contributed by atoms with E-state index in [2.05, 4.69) is 82.7 Å². The van der Waals surface area contributed by atoms with Crippen LogP contribution < -0.4 is 21.3 Å². The van der Waals surface area contributed by atoms with E-state index < -0.39 is 156 Å². The monoisotopic (exact) mass is 1550 g/mol. The molecule has 27 heteroatoms. The lowest BCUT2D eigenvalue weighted by atomic mass is 9.91. The number of carbonyl (C=O) groups excluding carboxylic acids is 11. The van der Waals surface area contributed by atoms with Gasteiger partial charge in [0.15, 0.2) is 0 Å². The molecule has 602 valence electrons. The number of hydrogen-bond acceptors (Lipinski definition) is 14. The van der Waals surface area contributed by atoms with Crippen LogP contribution in [0.1, 0.15) is 174 Å². The molecule has 2 aliphatic rings. The van der Waals surface area contributed by atoms with Crippen LogP contribution in [0.4, 0.5) is 0 Å². The highest BCUT2D eigenvalue weighted by Gasteiger charge is 2.46. The Kier molecular flexibility index (Phi) is 40.0. The maximum atomic E-state index is 15.1. The van der Waals surface area contributed by atoms with Crippen LogP contribution in [-0.2, 0) is 52.7 Å². The Morgan fingerprint density at radius 1 is 0.542 bits per heavy atom. The van der Waals surface area contributed by atoms with Gasteiger partial charge in [-0.15, -0.1) is 12.4 Å². The number of rotatable bonds is 18. The number of amides is 11. The van der Waals surface area contributed by atoms with Gasteiger partial charge in [0.25, 0.3) is 0 Å². The molecule has 1 fully saturated rings. The van der Waals surface area contributed by atoms with Crippen molar-refractivity contribution in [1.29, 1.82) is 0 Å². The summed E-state index contributed by atoms with van der Waals surface area (Å²) in [5, 5.41) is 23.9. The van der Waals surface area contributed by atoms with E-state index in [1.807, 2.05) is 79.3 Å². The van der Waals surface area contributed by atoms with Crippen LogP contribution in [-0.4, -0.2) is 252 Å². The molecule has 107 heavy (non-hydrogen) atoms. The third-order valence-corrected chi connectivity index (χ3v) is 21.0. The zero-order valence-electron chi connectivity index (χ0n) is 68.7. The quantitative estimate of drug-likeness (QED) is 0.0744. The molecule has 5 N–H and O–H groups in total. The van der Waals surface area contributed by atoms with Crippen molar-refractivity contribution in [3.63, 3.8) is 0 Å². The van der Waals surface area contributed by atoms with Crippen molar-refractivity contribution in [3.05, 3.63) is 76.8 Å². The van der Waals surface area contributed by atoms with E-state index in [1.165, 1.54) is 114 Å². The van der Waals surface area contributed by atoms with E-state index in [0.717, 1.165) is 27.8 Å². The second kappa shape index (κ2) is 44.6. The number of halogens is 2. The SMILES string of the molecule is CC=CCC(C)C(O)C1C(=O)NC(CC)C(=O)N(C)CC(=O)N(C)C(CC(C)C)C(=O)NC(C(C)C)C(=O)N(C)C(CC(C)C)C(=O)NC(C)C(=O)NC(C)C(=O)N(C)C(CC(C)C)C(=O)N(C)C(CC(C)C)C(=O)N(C)C(C(C)C)C(=O)N1C.CN(C)CCC=C1c2ccccc2Sc2ccc(Cl)cc21.Cl. The number of nitrogens with zero attached hydrogens (tertiary/aromatic N) is 8. The standard InChI is InChI=1S/C62H111N11O12.C18H18ClNS.ClH/c1-25-27-28-40(15)52(75)51-56(79)65-43(26-2)58(81)67(18)33-48(74)68(19)44(29-34(3)4)55(78)66-49(38(11)12)61(84)69(20)45(30-35(5)6)54(77)63-41(16)53(76)64-42(17)57(80)70(21)46(31-36(7)8)59(82)71(22)47(32-37(9)10)60(83)72(23)50(39(13)14)62(85)73(51)24;1-20(2)11-5-7-14-15-6-3-4-8-17(15)21-18-10-9-13(19)12-16(14)18;/h25,27,34-47,49-52,75H,26,28-33H2,1-24H3,(H,63,77)(H,64,76)(H,65,79)(H,66,78);3-4,6-10,12H,5,11H2,1-2H3;1H. The van der Waals surface area contributed by atoms with E-state index in [9.17, 15) is 48.3 Å². The smallest absolute Gasteiger partial charge is 0.246 e. The summed E-state index contributed by atoms with van der Waals surface area (Å²) in [5.41, 5.74) is 3.88. The Morgan fingerprint density at radius 3 is 1.53 bits per heavy atom. The van der Waals surface area contributed by atoms with Crippen LogP contribution >= 0.6 is 35.8 Å². The lowest BCUT2D eigenvalue weighted by molar-refractivity contribution is -0.157. The summed E-state index contributed by atoms with van der Waals surface area (Å²) < 4.78 is 0. The first-order valence-electron chi connectivity index (χ1n) is 37.6. The number of nitrogens with one attached hydrogen (secondary N) is 4. The van der Waals surface area contributed by atoms with Gasteiger partial charge in [0.1, 0.15) is 60.4 Å². The van der Waals surface area contributed by atoms with E-state index in [-0.39, 0.29) is 68.2 Å². The van der Waals surface area contributed by atoms with Gasteiger partial charge in [0.2, 0.25) is 65.0 Å². The molecule has 0 saturated carbocycles. The fourth-order valence-corrected chi connectivity index (χ4v) is 14.5. The first-order valence-corrected chi connectivity index (χ1v) is 38.8. The van der Waals surface area contributed by atoms with Gasteiger partial charge in [-0.05, 0) is 162 Å². The number of hydrogen-bond donors (Lipinski definition) is 5. The summed E-state index contributed by atoms with van der Waals surface area (Å²) in [7, 11) is 14.1. The molecule has 2 heterocycles. The van der Waals surface area contributed by atoms with Gasteiger partial charge in [-0.25, -0.2) is 0 Å². The Hall–Kier alpha value is -7.06. The number of likely N-dealkylation sites (N-methyl/N-ethyl adjacent to an activating group) is 7. The summed E-state index contributed by atoms with van der Waals surface area (Å²) >= 11 is 8.03. The maximum absolute atomic E-state index is 15.1. The number of allylic oxidation sites excluding steroid dienone is 2. The topological polar surface area (TPSA) is 282 Å². The molecule has 12 unspecified atom stereocenters. The molecule has 4 rings (SSSR count). The number of carbonyl (C=O) groups is 11. The molecular formula is C80H130Cl2N12O12S. The van der Waals surface area contributed by atoms with Crippen molar-refractivity contribution >= 4 is 106 Å². The zero-order chi connectivity index (χ0) is 80.8. The van der Waals surface area contributed by atoms with E-state index >= 15 is 9.59 Å². The highest BCUT2D eigenvalue weighted by molar-refractivity contribution is 7.99. The third-order valence-electron chi connectivity index (χ3n) is 19.6. The molecule has 0 bridgehead atoms. The zero-order valence-corrected chi connectivity index (χ0v) is 71.1. The molecule has 0 spiro atoms. The summed E-state index contributed by atoms with van der Waals surface area (Å²) in [6.07, 6.45) is 6.42. The van der Waals surface area contributed by atoms with Gasteiger partial charge in [0.05, 0.1) is 12.6 Å². The molecule has 2 aliphatic heterocycles. The van der Waals surface area contributed by atoms with Gasteiger partial charge in [-0.2, -0.15) is 0 Å². The van der Waals surface area contributed by atoms with Crippen molar-refractivity contribution in [3.8, 4) is 0 Å². The molecule has 1 saturated heterocycles. The summed E-state index contributed by atoms with van der Waals surface area (Å²) in [5.74, 6) is -9.71. The van der Waals surface area contributed by atoms with Crippen LogP contribution in [0.2, 0.25) is 5.02 Å². The third kappa shape index (κ3) is 27.2. The Morgan fingerprint density at radius 2 is 1.02 bits per heavy atom. The Balaban J connectivity index is 0.00000149. The van der Waals surface area contributed by atoms with Crippen molar-refractivity contribution in [2.45, 2.75) is 239 Å². The second-order valence-corrected chi connectivity index (χ2v) is 33.1. The van der Waals surface area contributed by atoms with Crippen LogP contribution in [0.5, 0.6) is 0 Å². The largest absolute Gasteiger partial charge is 0.390 e. The van der Waals surface area contributed by atoms with E-state index in [1.54, 1.807) is 54.5 Å².